The first-order chi connectivity index (χ1) is 6.56. The monoisotopic (exact) mass is 203 g/mol. The molecule has 1 N–H and O–H groups in total. The van der Waals surface area contributed by atoms with Gasteiger partial charge in [-0.15, -0.1) is 0 Å². The Morgan fingerprint density at radius 1 is 1.14 bits per heavy atom. The number of hydrogen-bond acceptors (Lipinski definition) is 0. The Bertz CT molecular complexity index is 437. The van der Waals surface area contributed by atoms with Crippen molar-refractivity contribution in [3.8, 4) is 0 Å². The summed E-state index contributed by atoms with van der Waals surface area (Å²) in [6.45, 7) is 7.23. The molecule has 1 aromatic carbocycles. The first-order valence-corrected chi connectivity index (χ1v) is 8.82. The fourth-order valence-corrected chi connectivity index (χ4v) is 3.31. The van der Waals surface area contributed by atoms with E-state index in [1.165, 1.54) is 22.5 Å². The summed E-state index contributed by atoms with van der Waals surface area (Å²) >= 11 is 0. The fourth-order valence-electron chi connectivity index (χ4n) is 1.87. The summed E-state index contributed by atoms with van der Waals surface area (Å²) in [7, 11) is -1.01. The van der Waals surface area contributed by atoms with Crippen molar-refractivity contribution in [2.24, 2.45) is 0 Å². The van der Waals surface area contributed by atoms with Gasteiger partial charge in [-0.05, 0) is 23.1 Å². The normalized spacial score (nSPS) is 12.2. The van der Waals surface area contributed by atoms with Gasteiger partial charge in [0.25, 0.3) is 0 Å². The van der Waals surface area contributed by atoms with Gasteiger partial charge >= 0.3 is 0 Å². The van der Waals surface area contributed by atoms with E-state index in [9.17, 15) is 0 Å². The molecule has 2 heteroatoms. The summed E-state index contributed by atoms with van der Waals surface area (Å²) < 4.78 is 0. The molecule has 0 saturated carbocycles. The largest absolute Gasteiger partial charge is 0.361 e. The van der Waals surface area contributed by atoms with Crippen molar-refractivity contribution in [1.29, 1.82) is 0 Å². The lowest BCUT2D eigenvalue weighted by Crippen LogP contribution is -2.23. The Hall–Kier alpha value is -1.02. The number of aromatic nitrogens is 1. The third-order valence-electron chi connectivity index (χ3n) is 2.39. The van der Waals surface area contributed by atoms with Crippen LogP contribution >= 0.6 is 0 Å². The van der Waals surface area contributed by atoms with Crippen molar-refractivity contribution < 1.29 is 0 Å². The van der Waals surface area contributed by atoms with Gasteiger partial charge in [-0.1, -0.05) is 37.8 Å². The van der Waals surface area contributed by atoms with Crippen molar-refractivity contribution >= 4 is 19.0 Å². The van der Waals surface area contributed by atoms with Crippen LogP contribution in [-0.4, -0.2) is 13.1 Å². The van der Waals surface area contributed by atoms with Gasteiger partial charge in [-0.3, -0.25) is 0 Å². The molecule has 2 aromatic rings. The van der Waals surface area contributed by atoms with Crippen LogP contribution < -0.4 is 0 Å². The van der Waals surface area contributed by atoms with Gasteiger partial charge in [-0.25, -0.2) is 0 Å². The van der Waals surface area contributed by atoms with Crippen LogP contribution in [0.5, 0.6) is 0 Å². The zero-order valence-corrected chi connectivity index (χ0v) is 10.1. The zero-order valence-electron chi connectivity index (χ0n) is 9.09. The van der Waals surface area contributed by atoms with Crippen LogP contribution in [0.4, 0.5) is 0 Å². The SMILES string of the molecule is C[Si](C)(C)Cc1cccc2cc[nH]c12. The van der Waals surface area contributed by atoms with Crippen LogP contribution in [-0.2, 0) is 6.04 Å². The zero-order chi connectivity index (χ0) is 10.2. The lowest BCUT2D eigenvalue weighted by molar-refractivity contribution is 1.31. The molecule has 74 valence electrons. The summed E-state index contributed by atoms with van der Waals surface area (Å²) in [5.41, 5.74) is 2.81. The average molecular weight is 203 g/mol. The summed E-state index contributed by atoms with van der Waals surface area (Å²) in [6.07, 6.45) is 2.03. The summed E-state index contributed by atoms with van der Waals surface area (Å²) in [4.78, 5) is 3.33. The second-order valence-corrected chi connectivity index (χ2v) is 10.6. The van der Waals surface area contributed by atoms with E-state index in [2.05, 4.69) is 48.9 Å². The molecule has 0 aliphatic heterocycles. The van der Waals surface area contributed by atoms with Crippen LogP contribution in [0.15, 0.2) is 30.5 Å². The smallest absolute Gasteiger partial charge is 0.0488 e. The van der Waals surface area contributed by atoms with Gasteiger partial charge in [0, 0.05) is 19.8 Å². The van der Waals surface area contributed by atoms with E-state index in [-0.39, 0.29) is 0 Å². The van der Waals surface area contributed by atoms with Gasteiger partial charge in [0.15, 0.2) is 0 Å². The summed E-state index contributed by atoms with van der Waals surface area (Å²) in [6, 6.07) is 9.97. The molecule has 1 aromatic heterocycles. The maximum atomic E-state index is 3.33. The number of aromatic amines is 1. The Balaban J connectivity index is 2.46. The molecule has 0 unspecified atom stereocenters. The highest BCUT2D eigenvalue weighted by Crippen LogP contribution is 2.20. The molecule has 0 amide bonds. The van der Waals surface area contributed by atoms with Gasteiger partial charge in [0.2, 0.25) is 0 Å². The molecule has 0 saturated heterocycles. The molecular formula is C12H17NSi. The first-order valence-electron chi connectivity index (χ1n) is 5.11. The maximum Gasteiger partial charge on any atom is 0.0488 e. The highest BCUT2D eigenvalue weighted by molar-refractivity contribution is 6.75. The second kappa shape index (κ2) is 3.28. The van der Waals surface area contributed by atoms with Gasteiger partial charge in [-0.2, -0.15) is 0 Å². The van der Waals surface area contributed by atoms with Crippen molar-refractivity contribution in [2.75, 3.05) is 0 Å². The van der Waals surface area contributed by atoms with Crippen LogP contribution in [0.2, 0.25) is 19.6 Å². The molecule has 1 heterocycles. The average Bonchev–Trinajstić information content (AvgIpc) is 2.49. The quantitative estimate of drug-likeness (QED) is 0.718. The fraction of sp³-hybridized carbons (Fsp3) is 0.333. The molecule has 0 fully saturated rings. The van der Waals surface area contributed by atoms with E-state index >= 15 is 0 Å². The molecule has 0 spiro atoms. The lowest BCUT2D eigenvalue weighted by atomic mass is 10.2. The minimum absolute atomic E-state index is 1.01. The highest BCUT2D eigenvalue weighted by atomic mass is 28.3. The predicted octanol–water partition coefficient (Wildman–Crippen LogP) is 3.59. The number of fused-ring (bicyclic) bond motifs is 1. The van der Waals surface area contributed by atoms with Crippen LogP contribution in [0, 0.1) is 0 Å². The van der Waals surface area contributed by atoms with E-state index in [0.717, 1.165) is 0 Å². The van der Waals surface area contributed by atoms with Crippen LogP contribution in [0.25, 0.3) is 10.9 Å². The summed E-state index contributed by atoms with van der Waals surface area (Å²) in [5, 5.41) is 1.33. The Morgan fingerprint density at radius 2 is 1.93 bits per heavy atom. The molecule has 0 atom stereocenters. The Kier molecular flexibility index (Phi) is 2.23. The van der Waals surface area contributed by atoms with Gasteiger partial charge < -0.3 is 4.98 Å². The number of H-pyrrole nitrogens is 1. The van der Waals surface area contributed by atoms with Crippen molar-refractivity contribution in [3.05, 3.63) is 36.0 Å². The minimum Gasteiger partial charge on any atom is -0.361 e. The van der Waals surface area contributed by atoms with Crippen molar-refractivity contribution in [2.45, 2.75) is 25.7 Å². The van der Waals surface area contributed by atoms with Crippen molar-refractivity contribution in [3.63, 3.8) is 0 Å². The lowest BCUT2D eigenvalue weighted by Gasteiger charge is -2.16. The molecule has 1 nitrogen and oxygen atoms in total. The molecule has 0 aliphatic rings. The van der Waals surface area contributed by atoms with E-state index in [1.54, 1.807) is 0 Å². The summed E-state index contributed by atoms with van der Waals surface area (Å²) in [5.74, 6) is 0. The first kappa shape index (κ1) is 9.53. The number of benzene rings is 1. The molecule has 14 heavy (non-hydrogen) atoms. The Morgan fingerprint density at radius 3 is 2.64 bits per heavy atom. The van der Waals surface area contributed by atoms with Crippen LogP contribution in [0.1, 0.15) is 5.56 Å². The maximum absolute atomic E-state index is 3.33. The van der Waals surface area contributed by atoms with Crippen molar-refractivity contribution in [1.82, 2.24) is 4.98 Å². The number of rotatable bonds is 2. The topological polar surface area (TPSA) is 15.8 Å². The Labute approximate surface area is 86.2 Å². The predicted molar refractivity (Wildman–Crippen MR) is 65.3 cm³/mol. The molecule has 0 radical (unpaired) electrons. The number of nitrogens with one attached hydrogen (secondary N) is 1. The molecule has 2 rings (SSSR count). The highest BCUT2D eigenvalue weighted by Gasteiger charge is 2.15. The van der Waals surface area contributed by atoms with E-state index < -0.39 is 8.07 Å². The number of para-hydroxylation sites is 1. The van der Waals surface area contributed by atoms with Gasteiger partial charge in [0.1, 0.15) is 0 Å². The molecule has 0 aliphatic carbocycles. The van der Waals surface area contributed by atoms with Crippen LogP contribution in [0.3, 0.4) is 0 Å². The second-order valence-electron chi connectivity index (χ2n) is 5.10. The van der Waals surface area contributed by atoms with E-state index in [4.69, 9.17) is 0 Å². The van der Waals surface area contributed by atoms with E-state index in [0.29, 0.717) is 0 Å². The van der Waals surface area contributed by atoms with Gasteiger partial charge in [0.05, 0.1) is 0 Å². The standard InChI is InChI=1S/C12H17NSi/c1-14(2,3)9-11-6-4-5-10-7-8-13-12(10)11/h4-8,13H,9H2,1-3H3. The third-order valence-corrected chi connectivity index (χ3v) is 3.84. The molecule has 0 bridgehead atoms. The van der Waals surface area contributed by atoms with E-state index in [1.807, 2.05) is 6.20 Å². The third kappa shape index (κ3) is 1.90. The minimum atomic E-state index is -1.01. The number of hydrogen-bond donors (Lipinski definition) is 1. The molecular weight excluding hydrogens is 186 g/mol.